The molecule has 2 atom stereocenters. The Morgan fingerprint density at radius 3 is 1.66 bits per heavy atom. The molecule has 3 aliphatic carbocycles. The molecule has 2 aliphatic heterocycles. The Kier molecular flexibility index (Phi) is 10.7. The molecule has 5 aliphatic rings. The molecule has 7 aromatic rings. The normalized spacial score (nSPS) is 21.0. The molecule has 0 saturated heterocycles. The quantitative estimate of drug-likeness (QED) is 0.163. The van der Waals surface area contributed by atoms with E-state index in [0.717, 1.165) is 0 Å². The topological polar surface area (TPSA) is 6.48 Å². The molecule has 4 heteroatoms. The van der Waals surface area contributed by atoms with Crippen LogP contribution >= 0.6 is 11.3 Å². The van der Waals surface area contributed by atoms with Crippen LogP contribution in [0.25, 0.3) is 21.2 Å². The fourth-order valence-corrected chi connectivity index (χ4v) is 15.6. The molecule has 0 spiro atoms. The van der Waals surface area contributed by atoms with Crippen molar-refractivity contribution in [3.05, 3.63) is 147 Å². The number of thiophene rings is 1. The van der Waals surface area contributed by atoms with Gasteiger partial charge in [0.25, 0.3) is 6.71 Å². The van der Waals surface area contributed by atoms with Crippen molar-refractivity contribution in [1.82, 2.24) is 0 Å². The highest BCUT2D eigenvalue weighted by molar-refractivity contribution is 7.33. The number of fused-ring (bicyclic) bond motifs is 9. The van der Waals surface area contributed by atoms with Crippen LogP contribution in [-0.4, -0.2) is 6.71 Å². The molecule has 0 N–H and O–H groups in total. The molecule has 12 rings (SSSR count). The Balaban J connectivity index is 1.21. The van der Waals surface area contributed by atoms with E-state index in [1.807, 2.05) is 0 Å². The molecule has 2 nitrogen and oxygen atoms in total. The van der Waals surface area contributed by atoms with Gasteiger partial charge in [-0.1, -0.05) is 153 Å². The molecular formula is C69H81BN2S. The summed E-state index contributed by atoms with van der Waals surface area (Å²) in [6, 6.07) is 40.5. The number of rotatable bonds is 3. The highest BCUT2D eigenvalue weighted by atomic mass is 32.1. The minimum absolute atomic E-state index is 0.0216. The van der Waals surface area contributed by atoms with Crippen LogP contribution in [0.3, 0.4) is 0 Å². The number of hydrogen-bond donors (Lipinski definition) is 0. The molecule has 73 heavy (non-hydrogen) atoms. The highest BCUT2D eigenvalue weighted by Gasteiger charge is 2.49. The molecular weight excluding hydrogens is 900 g/mol. The largest absolute Gasteiger partial charge is 0.311 e. The molecule has 3 heterocycles. The number of hydrogen-bond acceptors (Lipinski definition) is 3. The Bertz CT molecular complexity index is 3430. The molecule has 0 saturated carbocycles. The third kappa shape index (κ3) is 7.51. The fourth-order valence-electron chi connectivity index (χ4n) is 14.2. The minimum atomic E-state index is -0.0216. The monoisotopic (exact) mass is 981 g/mol. The van der Waals surface area contributed by atoms with Gasteiger partial charge in [-0.25, -0.2) is 0 Å². The molecule has 2 unspecified atom stereocenters. The minimum Gasteiger partial charge on any atom is -0.311 e. The Morgan fingerprint density at radius 1 is 0.521 bits per heavy atom. The molecule has 6 aromatic carbocycles. The van der Waals surface area contributed by atoms with Gasteiger partial charge in [0.1, 0.15) is 0 Å². The van der Waals surface area contributed by atoms with E-state index in [0.29, 0.717) is 11.8 Å². The lowest BCUT2D eigenvalue weighted by molar-refractivity contribution is 0.332. The summed E-state index contributed by atoms with van der Waals surface area (Å²) in [6.45, 7) is 41.4. The van der Waals surface area contributed by atoms with Crippen molar-refractivity contribution < 1.29 is 0 Å². The van der Waals surface area contributed by atoms with Gasteiger partial charge < -0.3 is 9.80 Å². The summed E-state index contributed by atoms with van der Waals surface area (Å²) in [7, 11) is 0. The first-order valence-electron chi connectivity index (χ1n) is 28.1. The summed E-state index contributed by atoms with van der Waals surface area (Å²) in [6.07, 6.45) is 7.25. The molecule has 0 amide bonds. The summed E-state index contributed by atoms with van der Waals surface area (Å²) in [5.74, 6) is 1.11. The number of benzene rings is 6. The first-order valence-corrected chi connectivity index (χ1v) is 28.9. The Hall–Kier alpha value is -5.06. The lowest BCUT2D eigenvalue weighted by Gasteiger charge is -2.47. The van der Waals surface area contributed by atoms with Crippen LogP contribution in [0.15, 0.2) is 97.1 Å². The zero-order valence-electron chi connectivity index (χ0n) is 47.5. The Morgan fingerprint density at radius 2 is 1.05 bits per heavy atom. The van der Waals surface area contributed by atoms with Gasteiger partial charge in [-0.05, 0) is 211 Å². The van der Waals surface area contributed by atoms with Crippen LogP contribution in [0.5, 0.6) is 0 Å². The second kappa shape index (κ2) is 16.0. The van der Waals surface area contributed by atoms with Gasteiger partial charge in [-0.3, -0.25) is 0 Å². The van der Waals surface area contributed by atoms with Gasteiger partial charge in [0.2, 0.25) is 0 Å². The Labute approximate surface area is 444 Å². The number of aryl methyl sites for hydroxylation is 1. The summed E-state index contributed by atoms with van der Waals surface area (Å²) in [5, 5.41) is 1.42. The van der Waals surface area contributed by atoms with E-state index in [4.69, 9.17) is 0 Å². The van der Waals surface area contributed by atoms with Crippen molar-refractivity contribution in [2.75, 3.05) is 9.80 Å². The molecule has 0 radical (unpaired) electrons. The zero-order valence-corrected chi connectivity index (χ0v) is 48.3. The van der Waals surface area contributed by atoms with Crippen molar-refractivity contribution >= 4 is 78.0 Å². The van der Waals surface area contributed by atoms with Gasteiger partial charge in [0.15, 0.2) is 0 Å². The summed E-state index contributed by atoms with van der Waals surface area (Å²) in [5.41, 5.74) is 26.9. The van der Waals surface area contributed by atoms with E-state index in [1.165, 1.54) is 149 Å². The van der Waals surface area contributed by atoms with Gasteiger partial charge in [-0.2, -0.15) is 0 Å². The van der Waals surface area contributed by atoms with Crippen molar-refractivity contribution in [2.45, 2.75) is 201 Å². The van der Waals surface area contributed by atoms with Crippen molar-refractivity contribution in [2.24, 2.45) is 0 Å². The summed E-state index contributed by atoms with van der Waals surface area (Å²) >= 11 is 2.09. The first kappa shape index (κ1) is 48.9. The molecule has 376 valence electrons. The fraction of sp³-hybridized carbons (Fsp3) is 0.449. The average Bonchev–Trinajstić information content (AvgIpc) is 3.69. The maximum absolute atomic E-state index is 2.77. The maximum Gasteiger partial charge on any atom is 0.264 e. The zero-order chi connectivity index (χ0) is 51.9. The predicted octanol–water partition coefficient (Wildman–Crippen LogP) is 18.3. The standard InChI is InChI=1S/C69H81BN2S/c1-40-32-58-61-59(33-40)72(56-27-24-45(65(7,8)9)34-49(56)43-20-22-44(23-21-43)64(4,5)6)57-39-54-53(68(14,15)30-31-69(54,16)17)38-55(57)70(61)63-62(50-36-47-41(2)18-19-42(3)48(47)37-60(50)73-63)71(58)46-25-26-51-52(35-46)67(12,13)29-28-66(51,10)11/h20-27,32-39,41-42H,18-19,28-31H2,1-17H3. The van der Waals surface area contributed by atoms with E-state index < -0.39 is 0 Å². The lowest BCUT2D eigenvalue weighted by Crippen LogP contribution is -2.61. The van der Waals surface area contributed by atoms with Crippen molar-refractivity contribution in [3.8, 4) is 11.1 Å². The van der Waals surface area contributed by atoms with E-state index in [1.54, 1.807) is 11.1 Å². The third-order valence-corrected chi connectivity index (χ3v) is 20.5. The van der Waals surface area contributed by atoms with Crippen molar-refractivity contribution in [1.29, 1.82) is 0 Å². The van der Waals surface area contributed by atoms with E-state index in [9.17, 15) is 0 Å². The van der Waals surface area contributed by atoms with Crippen LogP contribution in [0.1, 0.15) is 211 Å². The first-order chi connectivity index (χ1) is 34.1. The second-order valence-electron chi connectivity index (χ2n) is 28.5. The van der Waals surface area contributed by atoms with Crippen LogP contribution in [0.4, 0.5) is 34.1 Å². The smallest absolute Gasteiger partial charge is 0.264 e. The van der Waals surface area contributed by atoms with Gasteiger partial charge >= 0.3 is 0 Å². The molecule has 0 bridgehead atoms. The van der Waals surface area contributed by atoms with Crippen LogP contribution in [0.2, 0.25) is 0 Å². The SMILES string of the molecule is Cc1cc2c3c(c1)N(c1ccc4c(c1)C(C)(C)CCC4(C)C)c1c(sc4cc5c(cc14)C(C)CCC5C)B3c1cc3c(cc1N2c1ccc(C(C)(C)C)cc1-c1ccc(C(C)(C)C)cc1)C(C)(C)CCC3(C)C. The van der Waals surface area contributed by atoms with E-state index >= 15 is 0 Å². The van der Waals surface area contributed by atoms with E-state index in [-0.39, 0.29) is 39.2 Å². The molecule has 0 fully saturated rings. The number of anilines is 6. The summed E-state index contributed by atoms with van der Waals surface area (Å²) < 4.78 is 2.92. The maximum atomic E-state index is 2.77. The van der Waals surface area contributed by atoms with Crippen molar-refractivity contribution in [3.63, 3.8) is 0 Å². The van der Waals surface area contributed by atoms with Gasteiger partial charge in [0, 0.05) is 43.2 Å². The van der Waals surface area contributed by atoms with Gasteiger partial charge in [-0.15, -0.1) is 11.3 Å². The average molecular weight is 981 g/mol. The number of nitrogens with zero attached hydrogens (tertiary/aromatic N) is 2. The molecule has 1 aromatic heterocycles. The predicted molar refractivity (Wildman–Crippen MR) is 320 cm³/mol. The van der Waals surface area contributed by atoms with Gasteiger partial charge in [0.05, 0.1) is 11.4 Å². The van der Waals surface area contributed by atoms with E-state index in [2.05, 4.69) is 236 Å². The summed E-state index contributed by atoms with van der Waals surface area (Å²) in [4.78, 5) is 5.51. The van der Waals surface area contributed by atoms with Crippen LogP contribution in [-0.2, 0) is 32.5 Å². The highest BCUT2D eigenvalue weighted by Crippen LogP contribution is 2.55. The van der Waals surface area contributed by atoms with Crippen LogP contribution in [0, 0.1) is 6.92 Å². The second-order valence-corrected chi connectivity index (χ2v) is 29.6. The van der Waals surface area contributed by atoms with Crippen LogP contribution < -0.4 is 25.5 Å². The third-order valence-electron chi connectivity index (χ3n) is 19.3. The lowest BCUT2D eigenvalue weighted by atomic mass is 9.35.